The van der Waals surface area contributed by atoms with Crippen LogP contribution in [0.25, 0.3) is 33.4 Å². The molecule has 0 saturated carbocycles. The van der Waals surface area contributed by atoms with Crippen LogP contribution < -0.4 is 0 Å². The highest BCUT2D eigenvalue weighted by molar-refractivity contribution is 5.97. The summed E-state index contributed by atoms with van der Waals surface area (Å²) in [6.45, 7) is 2.85. The van der Waals surface area contributed by atoms with Crippen molar-refractivity contribution in [1.82, 2.24) is 14.8 Å². The average molecular weight is 367 g/mol. The smallest absolute Gasteiger partial charge is 0.123 e. The van der Waals surface area contributed by atoms with Gasteiger partial charge in [0.2, 0.25) is 0 Å². The van der Waals surface area contributed by atoms with Crippen LogP contribution in [-0.4, -0.2) is 14.8 Å². The molecule has 2 aliphatic heterocycles. The zero-order valence-corrected chi connectivity index (χ0v) is 15.4. The molecule has 28 heavy (non-hydrogen) atoms. The van der Waals surface area contributed by atoms with Gasteiger partial charge in [-0.05, 0) is 42.8 Å². The van der Waals surface area contributed by atoms with Gasteiger partial charge in [-0.3, -0.25) is 0 Å². The lowest BCUT2D eigenvalue weighted by Gasteiger charge is -2.15. The van der Waals surface area contributed by atoms with Crippen LogP contribution >= 0.6 is 0 Å². The fourth-order valence-electron chi connectivity index (χ4n) is 3.63. The zero-order valence-electron chi connectivity index (χ0n) is 15.4. The summed E-state index contributed by atoms with van der Waals surface area (Å²) in [6, 6.07) is 23.2. The Morgan fingerprint density at radius 2 is 1.54 bits per heavy atom. The Morgan fingerprint density at radius 1 is 0.821 bits per heavy atom. The highest BCUT2D eigenvalue weighted by atomic mass is 19.1. The lowest BCUT2D eigenvalue weighted by Crippen LogP contribution is -2.04. The Labute approximate surface area is 162 Å². The first-order chi connectivity index (χ1) is 13.7. The molecule has 0 bridgehead atoms. The summed E-state index contributed by atoms with van der Waals surface area (Å²) < 4.78 is 15.6. The highest BCUT2D eigenvalue weighted by Gasteiger charge is 2.20. The highest BCUT2D eigenvalue weighted by Crippen LogP contribution is 2.36. The third-order valence-electron chi connectivity index (χ3n) is 5.10. The summed E-state index contributed by atoms with van der Waals surface area (Å²) in [5.74, 6) is -0.257. The third kappa shape index (κ3) is 2.83. The Balaban J connectivity index is 1.71. The zero-order chi connectivity index (χ0) is 19.1. The van der Waals surface area contributed by atoms with Gasteiger partial charge in [-0.2, -0.15) is 0 Å². The Bertz CT molecular complexity index is 1240. The predicted octanol–water partition coefficient (Wildman–Crippen LogP) is 5.70. The molecule has 0 radical (unpaired) electrons. The van der Waals surface area contributed by atoms with Gasteiger partial charge in [-0.25, -0.2) is 4.39 Å². The van der Waals surface area contributed by atoms with Crippen LogP contribution in [0.2, 0.25) is 0 Å². The Hall–Kier alpha value is -3.53. The van der Waals surface area contributed by atoms with E-state index in [-0.39, 0.29) is 5.82 Å². The van der Waals surface area contributed by atoms with Gasteiger partial charge in [-0.15, -0.1) is 10.2 Å². The first-order valence-corrected chi connectivity index (χ1v) is 9.25. The molecule has 2 heterocycles. The van der Waals surface area contributed by atoms with Crippen molar-refractivity contribution in [3.05, 3.63) is 95.9 Å². The van der Waals surface area contributed by atoms with Crippen molar-refractivity contribution in [2.24, 2.45) is 0 Å². The fourth-order valence-corrected chi connectivity index (χ4v) is 3.63. The van der Waals surface area contributed by atoms with E-state index in [1.54, 1.807) is 12.1 Å². The molecule has 0 amide bonds. The lowest BCUT2D eigenvalue weighted by atomic mass is 10.0. The maximum absolute atomic E-state index is 13.3. The van der Waals surface area contributed by atoms with Gasteiger partial charge in [0.25, 0.3) is 0 Å². The summed E-state index contributed by atoms with van der Waals surface area (Å²) in [7, 11) is 0. The number of pyridine rings is 1. The standard InChI is InChI=1S/C24H18FN3/c1-16-6-8-17(9-7-16)14-28-15-21-23(18-10-12-19(25)13-11-18)26-27-24(21)20-4-2-3-5-22(20)28/h2-13,15H,14H2,1H3. The maximum Gasteiger partial charge on any atom is 0.123 e. The average Bonchev–Trinajstić information content (AvgIpc) is 3.14. The van der Waals surface area contributed by atoms with Gasteiger partial charge >= 0.3 is 0 Å². The molecule has 0 fully saturated rings. The maximum atomic E-state index is 13.3. The largest absolute Gasteiger partial charge is 0.342 e. The van der Waals surface area contributed by atoms with Crippen LogP contribution in [0, 0.1) is 12.7 Å². The molecule has 0 N–H and O–H groups in total. The summed E-state index contributed by atoms with van der Waals surface area (Å²) in [5.41, 5.74) is 7.07. The molecular formula is C24H18FN3. The number of aryl methyl sites for hydroxylation is 1. The van der Waals surface area contributed by atoms with Crippen molar-refractivity contribution < 1.29 is 4.39 Å². The lowest BCUT2D eigenvalue weighted by molar-refractivity contribution is 0.628. The Morgan fingerprint density at radius 3 is 2.32 bits per heavy atom. The second kappa shape index (κ2) is 6.57. The first kappa shape index (κ1) is 16.6. The molecule has 136 valence electrons. The summed E-state index contributed by atoms with van der Waals surface area (Å²) in [5, 5.41) is 9.93. The molecule has 3 nitrogen and oxygen atoms in total. The van der Waals surface area contributed by atoms with E-state index in [4.69, 9.17) is 0 Å². The number of nitrogens with zero attached hydrogens (tertiary/aromatic N) is 3. The first-order valence-electron chi connectivity index (χ1n) is 9.25. The van der Waals surface area contributed by atoms with Crippen molar-refractivity contribution in [1.29, 1.82) is 0 Å². The number of benzene rings is 3. The number of hydrogen-bond donors (Lipinski definition) is 0. The number of fused-ring (bicyclic) bond motifs is 3. The monoisotopic (exact) mass is 367 g/mol. The molecule has 0 atom stereocenters. The minimum atomic E-state index is -0.257. The second-order valence-electron chi connectivity index (χ2n) is 7.08. The molecule has 5 rings (SSSR count). The van der Waals surface area contributed by atoms with Crippen molar-refractivity contribution in [3.8, 4) is 22.5 Å². The topological polar surface area (TPSA) is 30.7 Å². The van der Waals surface area contributed by atoms with E-state index < -0.39 is 0 Å². The SMILES string of the molecule is Cc1ccc(Cn2cc3c(-c4ccc(F)cc4)nnc-3c3ccccc32)cc1. The van der Waals surface area contributed by atoms with Crippen LogP contribution in [0.1, 0.15) is 11.1 Å². The molecule has 3 aromatic rings. The molecule has 0 aliphatic carbocycles. The van der Waals surface area contributed by atoms with Crippen molar-refractivity contribution in [2.45, 2.75) is 13.5 Å². The number of rotatable bonds is 3. The second-order valence-corrected chi connectivity index (χ2v) is 7.08. The van der Waals surface area contributed by atoms with Crippen molar-refractivity contribution >= 4 is 10.9 Å². The summed E-state index contributed by atoms with van der Waals surface area (Å²) in [4.78, 5) is 0. The van der Waals surface area contributed by atoms with E-state index in [1.807, 2.05) is 12.1 Å². The van der Waals surface area contributed by atoms with E-state index >= 15 is 0 Å². The minimum absolute atomic E-state index is 0.257. The van der Waals surface area contributed by atoms with Gasteiger partial charge in [0.15, 0.2) is 0 Å². The van der Waals surface area contributed by atoms with Crippen LogP contribution in [0.5, 0.6) is 0 Å². The predicted molar refractivity (Wildman–Crippen MR) is 110 cm³/mol. The van der Waals surface area contributed by atoms with E-state index in [1.165, 1.54) is 23.3 Å². The number of hydrogen-bond acceptors (Lipinski definition) is 2. The van der Waals surface area contributed by atoms with Crippen LogP contribution in [0.4, 0.5) is 4.39 Å². The van der Waals surface area contributed by atoms with Crippen LogP contribution in [0.15, 0.2) is 79.0 Å². The van der Waals surface area contributed by atoms with E-state index in [2.05, 4.69) is 64.3 Å². The summed E-state index contributed by atoms with van der Waals surface area (Å²) >= 11 is 0. The number of aromatic nitrogens is 3. The molecule has 0 spiro atoms. The van der Waals surface area contributed by atoms with Gasteiger partial charge in [0.05, 0.1) is 5.52 Å². The number of para-hydroxylation sites is 1. The molecule has 0 aromatic heterocycles. The number of halogens is 1. The normalized spacial score (nSPS) is 11.4. The van der Waals surface area contributed by atoms with E-state index in [0.29, 0.717) is 0 Å². The van der Waals surface area contributed by atoms with Crippen LogP contribution in [-0.2, 0) is 6.54 Å². The molecular weight excluding hydrogens is 349 g/mol. The minimum Gasteiger partial charge on any atom is -0.342 e. The Kier molecular flexibility index (Phi) is 3.90. The molecule has 4 heteroatoms. The quantitative estimate of drug-likeness (QED) is 0.410. The third-order valence-corrected chi connectivity index (χ3v) is 5.10. The fraction of sp³-hybridized carbons (Fsp3) is 0.0833. The molecule has 0 unspecified atom stereocenters. The van der Waals surface area contributed by atoms with Gasteiger partial charge in [-0.1, -0.05) is 48.0 Å². The van der Waals surface area contributed by atoms with Crippen molar-refractivity contribution in [3.63, 3.8) is 0 Å². The molecule has 3 aromatic carbocycles. The van der Waals surface area contributed by atoms with E-state index in [0.717, 1.165) is 40.0 Å². The molecule has 2 aliphatic rings. The van der Waals surface area contributed by atoms with Gasteiger partial charge < -0.3 is 4.57 Å². The van der Waals surface area contributed by atoms with Gasteiger partial charge in [0.1, 0.15) is 17.2 Å². The van der Waals surface area contributed by atoms with Crippen molar-refractivity contribution in [2.75, 3.05) is 0 Å². The van der Waals surface area contributed by atoms with Gasteiger partial charge in [0, 0.05) is 29.3 Å². The molecule has 0 saturated heterocycles. The van der Waals surface area contributed by atoms with E-state index in [9.17, 15) is 4.39 Å². The summed E-state index contributed by atoms with van der Waals surface area (Å²) in [6.07, 6.45) is 2.11. The van der Waals surface area contributed by atoms with Crippen LogP contribution in [0.3, 0.4) is 0 Å².